The van der Waals surface area contributed by atoms with Crippen molar-refractivity contribution in [3.63, 3.8) is 0 Å². The van der Waals surface area contributed by atoms with Crippen molar-refractivity contribution in [1.82, 2.24) is 9.80 Å². The number of likely N-dealkylation sites (tertiary alicyclic amines) is 1. The minimum atomic E-state index is 0.835. The van der Waals surface area contributed by atoms with E-state index in [0.717, 1.165) is 12.1 Å². The molecule has 1 saturated heterocycles. The number of rotatable bonds is 3. The summed E-state index contributed by atoms with van der Waals surface area (Å²) in [5.74, 6) is 0. The average molecular weight is 210 g/mol. The van der Waals surface area contributed by atoms with Crippen molar-refractivity contribution in [2.24, 2.45) is 0 Å². The Morgan fingerprint density at radius 2 is 1.73 bits per heavy atom. The monoisotopic (exact) mass is 210 g/mol. The number of nitrogens with zero attached hydrogens (tertiary/aromatic N) is 2. The number of hydrogen-bond donors (Lipinski definition) is 0. The lowest BCUT2D eigenvalue weighted by Crippen LogP contribution is -2.51. The Morgan fingerprint density at radius 1 is 1.07 bits per heavy atom. The second-order valence-electron chi connectivity index (χ2n) is 5.24. The fraction of sp³-hybridized carbons (Fsp3) is 1.00. The first-order valence-corrected chi connectivity index (χ1v) is 6.77. The minimum Gasteiger partial charge on any atom is -0.302 e. The first-order valence-electron chi connectivity index (χ1n) is 6.77. The van der Waals surface area contributed by atoms with Crippen LogP contribution in [0.1, 0.15) is 45.4 Å². The maximum atomic E-state index is 2.76. The number of hydrogen-bond acceptors (Lipinski definition) is 2. The van der Waals surface area contributed by atoms with Gasteiger partial charge in [0.2, 0.25) is 0 Å². The smallest absolute Gasteiger partial charge is 0.0251 e. The lowest BCUT2D eigenvalue weighted by Gasteiger charge is -2.42. The molecule has 0 spiro atoms. The summed E-state index contributed by atoms with van der Waals surface area (Å²) in [5, 5.41) is 0. The number of likely N-dealkylation sites (N-methyl/N-ethyl adjacent to an activating group) is 1. The highest BCUT2D eigenvalue weighted by molar-refractivity contribution is 4.90. The summed E-state index contributed by atoms with van der Waals surface area (Å²) < 4.78 is 0. The van der Waals surface area contributed by atoms with Crippen LogP contribution < -0.4 is 0 Å². The second kappa shape index (κ2) is 5.31. The Kier molecular flexibility index (Phi) is 4.04. The summed E-state index contributed by atoms with van der Waals surface area (Å²) in [4.78, 5) is 5.33. The van der Waals surface area contributed by atoms with Gasteiger partial charge in [0, 0.05) is 12.1 Å². The van der Waals surface area contributed by atoms with Gasteiger partial charge in [0.25, 0.3) is 0 Å². The van der Waals surface area contributed by atoms with Crippen LogP contribution in [0.15, 0.2) is 0 Å². The highest BCUT2D eigenvalue weighted by Crippen LogP contribution is 2.28. The average Bonchev–Trinajstić information content (AvgIpc) is 2.81. The SMILES string of the molecule is CCN(C)C1CCCCC1N1CCCC1. The molecule has 0 amide bonds. The third-order valence-electron chi connectivity index (χ3n) is 4.37. The molecule has 2 atom stereocenters. The highest BCUT2D eigenvalue weighted by atomic mass is 15.2. The summed E-state index contributed by atoms with van der Waals surface area (Å²) in [6.07, 6.45) is 8.62. The first kappa shape index (κ1) is 11.4. The Bertz CT molecular complexity index is 187. The predicted molar refractivity (Wildman–Crippen MR) is 65.2 cm³/mol. The topological polar surface area (TPSA) is 6.48 Å². The van der Waals surface area contributed by atoms with Crippen LogP contribution in [0.5, 0.6) is 0 Å². The Morgan fingerprint density at radius 3 is 2.40 bits per heavy atom. The van der Waals surface area contributed by atoms with E-state index in [-0.39, 0.29) is 0 Å². The van der Waals surface area contributed by atoms with Gasteiger partial charge >= 0.3 is 0 Å². The molecule has 1 aliphatic carbocycles. The summed E-state index contributed by atoms with van der Waals surface area (Å²) in [6, 6.07) is 1.70. The molecule has 15 heavy (non-hydrogen) atoms. The van der Waals surface area contributed by atoms with Crippen molar-refractivity contribution < 1.29 is 0 Å². The van der Waals surface area contributed by atoms with E-state index >= 15 is 0 Å². The van der Waals surface area contributed by atoms with E-state index in [1.165, 1.54) is 58.2 Å². The van der Waals surface area contributed by atoms with Crippen molar-refractivity contribution in [1.29, 1.82) is 0 Å². The molecule has 2 unspecified atom stereocenters. The summed E-state index contributed by atoms with van der Waals surface area (Å²) >= 11 is 0. The van der Waals surface area contributed by atoms with Gasteiger partial charge in [-0.05, 0) is 52.4 Å². The van der Waals surface area contributed by atoms with Gasteiger partial charge < -0.3 is 4.90 Å². The van der Waals surface area contributed by atoms with Crippen LogP contribution in [0.4, 0.5) is 0 Å². The molecule has 1 aliphatic heterocycles. The van der Waals surface area contributed by atoms with E-state index in [1.54, 1.807) is 0 Å². The van der Waals surface area contributed by atoms with Gasteiger partial charge in [0.15, 0.2) is 0 Å². The molecule has 2 heteroatoms. The first-order chi connectivity index (χ1) is 7.33. The third-order valence-corrected chi connectivity index (χ3v) is 4.37. The molecule has 0 N–H and O–H groups in total. The molecule has 88 valence electrons. The van der Waals surface area contributed by atoms with Crippen molar-refractivity contribution in [2.75, 3.05) is 26.7 Å². The summed E-state index contributed by atoms with van der Waals surface area (Å²) in [7, 11) is 2.30. The normalized spacial score (nSPS) is 33.8. The highest BCUT2D eigenvalue weighted by Gasteiger charge is 2.32. The third kappa shape index (κ3) is 2.54. The van der Waals surface area contributed by atoms with Crippen LogP contribution in [-0.4, -0.2) is 48.6 Å². The van der Waals surface area contributed by atoms with Gasteiger partial charge in [-0.3, -0.25) is 4.90 Å². The lowest BCUT2D eigenvalue weighted by atomic mass is 9.88. The summed E-state index contributed by atoms with van der Waals surface area (Å²) in [6.45, 7) is 6.21. The van der Waals surface area contributed by atoms with Gasteiger partial charge in [-0.2, -0.15) is 0 Å². The molecule has 2 nitrogen and oxygen atoms in total. The van der Waals surface area contributed by atoms with E-state index in [2.05, 4.69) is 23.8 Å². The van der Waals surface area contributed by atoms with Crippen molar-refractivity contribution in [3.05, 3.63) is 0 Å². The lowest BCUT2D eigenvalue weighted by molar-refractivity contribution is 0.0797. The molecular weight excluding hydrogens is 184 g/mol. The van der Waals surface area contributed by atoms with Crippen LogP contribution in [0, 0.1) is 0 Å². The van der Waals surface area contributed by atoms with Gasteiger partial charge in [0.05, 0.1) is 0 Å². The van der Waals surface area contributed by atoms with E-state index in [9.17, 15) is 0 Å². The largest absolute Gasteiger partial charge is 0.302 e. The van der Waals surface area contributed by atoms with Crippen molar-refractivity contribution >= 4 is 0 Å². The fourth-order valence-corrected chi connectivity index (χ4v) is 3.34. The molecular formula is C13H26N2. The summed E-state index contributed by atoms with van der Waals surface area (Å²) in [5.41, 5.74) is 0. The molecule has 0 aromatic heterocycles. The molecule has 0 aromatic carbocycles. The molecule has 2 fully saturated rings. The van der Waals surface area contributed by atoms with Crippen LogP contribution in [0.3, 0.4) is 0 Å². The quantitative estimate of drug-likeness (QED) is 0.705. The maximum absolute atomic E-state index is 2.76. The van der Waals surface area contributed by atoms with E-state index in [0.29, 0.717) is 0 Å². The minimum absolute atomic E-state index is 0.835. The molecule has 0 bridgehead atoms. The van der Waals surface area contributed by atoms with Gasteiger partial charge in [0.1, 0.15) is 0 Å². The second-order valence-corrected chi connectivity index (χ2v) is 5.24. The van der Waals surface area contributed by atoms with Crippen LogP contribution >= 0.6 is 0 Å². The van der Waals surface area contributed by atoms with Crippen molar-refractivity contribution in [3.8, 4) is 0 Å². The van der Waals surface area contributed by atoms with E-state index < -0.39 is 0 Å². The molecule has 2 rings (SSSR count). The zero-order chi connectivity index (χ0) is 10.7. The van der Waals surface area contributed by atoms with Gasteiger partial charge in [-0.25, -0.2) is 0 Å². The van der Waals surface area contributed by atoms with Crippen LogP contribution in [-0.2, 0) is 0 Å². The molecule has 1 heterocycles. The Hall–Kier alpha value is -0.0800. The van der Waals surface area contributed by atoms with Gasteiger partial charge in [-0.1, -0.05) is 19.8 Å². The predicted octanol–water partition coefficient (Wildman–Crippen LogP) is 2.35. The Balaban J connectivity index is 1.98. The van der Waals surface area contributed by atoms with Crippen molar-refractivity contribution in [2.45, 2.75) is 57.5 Å². The molecule has 0 radical (unpaired) electrons. The van der Waals surface area contributed by atoms with E-state index in [4.69, 9.17) is 0 Å². The zero-order valence-corrected chi connectivity index (χ0v) is 10.4. The molecule has 0 aromatic rings. The maximum Gasteiger partial charge on any atom is 0.0251 e. The zero-order valence-electron chi connectivity index (χ0n) is 10.4. The van der Waals surface area contributed by atoms with Crippen LogP contribution in [0.2, 0.25) is 0 Å². The molecule has 2 aliphatic rings. The standard InChI is InChI=1S/C13H26N2/c1-3-14(2)12-8-4-5-9-13(12)15-10-6-7-11-15/h12-13H,3-11H2,1-2H3. The van der Waals surface area contributed by atoms with Crippen LogP contribution in [0.25, 0.3) is 0 Å². The van der Waals surface area contributed by atoms with E-state index in [1.807, 2.05) is 0 Å². The fourth-order valence-electron chi connectivity index (χ4n) is 3.34. The Labute approximate surface area is 94.6 Å². The van der Waals surface area contributed by atoms with Gasteiger partial charge in [-0.15, -0.1) is 0 Å². The molecule has 1 saturated carbocycles.